The van der Waals surface area contributed by atoms with Crippen LogP contribution in [0.5, 0.6) is 0 Å². The number of rotatable bonds is 2. The number of aromatic nitrogens is 3. The highest BCUT2D eigenvalue weighted by Gasteiger charge is 2.17. The van der Waals surface area contributed by atoms with Gasteiger partial charge < -0.3 is 0 Å². The average Bonchev–Trinajstić information content (AvgIpc) is 3.16. The minimum atomic E-state index is 0.741. The quantitative estimate of drug-likeness (QED) is 0.698. The number of nitrogens with zero attached hydrogens (tertiary/aromatic N) is 3. The van der Waals surface area contributed by atoms with Crippen LogP contribution in [0.3, 0.4) is 0 Å². The molecule has 2 aromatic heterocycles. The van der Waals surface area contributed by atoms with Crippen LogP contribution in [0.1, 0.15) is 37.2 Å². The number of fused-ring (bicyclic) bond motifs is 1. The van der Waals surface area contributed by atoms with Crippen molar-refractivity contribution in [1.82, 2.24) is 14.6 Å². The van der Waals surface area contributed by atoms with Gasteiger partial charge in [0, 0.05) is 24.0 Å². The molecule has 0 atom stereocenters. The molecule has 100 valence electrons. The standard InChI is InChI=1S/C17H17N3/c1-2-6-13(5-1)14-7-3-8-15(11-14)16-12-17-18-9-4-10-20(17)19-16/h3-4,7-13H,1-2,5-6H2. The summed E-state index contributed by atoms with van der Waals surface area (Å²) >= 11 is 0. The molecule has 20 heavy (non-hydrogen) atoms. The Morgan fingerprint density at radius 2 is 1.95 bits per heavy atom. The lowest BCUT2D eigenvalue weighted by Gasteiger charge is -2.10. The zero-order valence-electron chi connectivity index (χ0n) is 11.4. The van der Waals surface area contributed by atoms with Crippen molar-refractivity contribution in [1.29, 1.82) is 0 Å². The van der Waals surface area contributed by atoms with Crippen LogP contribution in [0, 0.1) is 0 Å². The van der Waals surface area contributed by atoms with E-state index in [-0.39, 0.29) is 0 Å². The zero-order valence-corrected chi connectivity index (χ0v) is 11.4. The van der Waals surface area contributed by atoms with E-state index < -0.39 is 0 Å². The summed E-state index contributed by atoms with van der Waals surface area (Å²) in [6.07, 6.45) is 9.13. The van der Waals surface area contributed by atoms with Crippen molar-refractivity contribution in [2.45, 2.75) is 31.6 Å². The predicted molar refractivity (Wildman–Crippen MR) is 79.6 cm³/mol. The lowest BCUT2D eigenvalue weighted by molar-refractivity contribution is 0.723. The minimum Gasteiger partial charge on any atom is -0.237 e. The van der Waals surface area contributed by atoms with E-state index in [2.05, 4.69) is 34.3 Å². The summed E-state index contributed by atoms with van der Waals surface area (Å²) in [6.45, 7) is 0. The second-order valence-corrected chi connectivity index (χ2v) is 5.56. The molecule has 1 aliphatic carbocycles. The largest absolute Gasteiger partial charge is 0.237 e. The third-order valence-electron chi connectivity index (χ3n) is 4.25. The van der Waals surface area contributed by atoms with E-state index in [0.29, 0.717) is 0 Å². The third-order valence-corrected chi connectivity index (χ3v) is 4.25. The molecule has 3 heteroatoms. The van der Waals surface area contributed by atoms with Crippen molar-refractivity contribution in [3.8, 4) is 11.3 Å². The Balaban J connectivity index is 1.75. The predicted octanol–water partition coefficient (Wildman–Crippen LogP) is 4.05. The molecule has 0 unspecified atom stereocenters. The third kappa shape index (κ3) is 1.99. The molecule has 2 heterocycles. The summed E-state index contributed by atoms with van der Waals surface area (Å²) in [5.41, 5.74) is 4.56. The molecule has 0 saturated heterocycles. The smallest absolute Gasteiger partial charge is 0.155 e. The molecular formula is C17H17N3. The fourth-order valence-electron chi connectivity index (χ4n) is 3.18. The summed E-state index contributed by atoms with van der Waals surface area (Å²) < 4.78 is 1.83. The van der Waals surface area contributed by atoms with Crippen LogP contribution in [0.15, 0.2) is 48.8 Å². The Morgan fingerprint density at radius 1 is 1.05 bits per heavy atom. The maximum atomic E-state index is 4.60. The maximum absolute atomic E-state index is 4.60. The van der Waals surface area contributed by atoms with E-state index in [1.54, 1.807) is 6.20 Å². The Kier molecular flexibility index (Phi) is 2.76. The van der Waals surface area contributed by atoms with Crippen LogP contribution in [0.2, 0.25) is 0 Å². The van der Waals surface area contributed by atoms with Crippen molar-refractivity contribution < 1.29 is 0 Å². The van der Waals surface area contributed by atoms with Gasteiger partial charge in [0.2, 0.25) is 0 Å². The lowest BCUT2D eigenvalue weighted by atomic mass is 9.95. The van der Waals surface area contributed by atoms with E-state index in [0.717, 1.165) is 17.3 Å². The number of benzene rings is 1. The van der Waals surface area contributed by atoms with Gasteiger partial charge in [0.25, 0.3) is 0 Å². The number of hydrogen-bond donors (Lipinski definition) is 0. The second-order valence-electron chi connectivity index (χ2n) is 5.56. The fourth-order valence-corrected chi connectivity index (χ4v) is 3.18. The van der Waals surface area contributed by atoms with Crippen LogP contribution < -0.4 is 0 Å². The molecule has 1 aromatic carbocycles. The van der Waals surface area contributed by atoms with Gasteiger partial charge >= 0.3 is 0 Å². The van der Waals surface area contributed by atoms with E-state index in [1.165, 1.54) is 36.8 Å². The Labute approximate surface area is 118 Å². The van der Waals surface area contributed by atoms with Crippen molar-refractivity contribution in [3.05, 3.63) is 54.4 Å². The van der Waals surface area contributed by atoms with Gasteiger partial charge in [-0.05, 0) is 36.5 Å². The first-order valence-electron chi connectivity index (χ1n) is 7.31. The molecule has 0 spiro atoms. The maximum Gasteiger partial charge on any atom is 0.155 e. The van der Waals surface area contributed by atoms with Crippen molar-refractivity contribution in [2.24, 2.45) is 0 Å². The van der Waals surface area contributed by atoms with Crippen LogP contribution in [0.4, 0.5) is 0 Å². The highest BCUT2D eigenvalue weighted by molar-refractivity contribution is 5.64. The zero-order chi connectivity index (χ0) is 13.4. The fraction of sp³-hybridized carbons (Fsp3) is 0.294. The van der Waals surface area contributed by atoms with Gasteiger partial charge in [0.15, 0.2) is 5.65 Å². The highest BCUT2D eigenvalue weighted by Crippen LogP contribution is 2.35. The molecule has 3 aromatic rings. The van der Waals surface area contributed by atoms with Crippen molar-refractivity contribution in [2.75, 3.05) is 0 Å². The van der Waals surface area contributed by atoms with Gasteiger partial charge in [-0.1, -0.05) is 31.0 Å². The van der Waals surface area contributed by atoms with Crippen LogP contribution in [-0.4, -0.2) is 14.6 Å². The van der Waals surface area contributed by atoms with Gasteiger partial charge in [-0.3, -0.25) is 0 Å². The molecular weight excluding hydrogens is 246 g/mol. The molecule has 0 aliphatic heterocycles. The summed E-state index contributed by atoms with van der Waals surface area (Å²) in [5, 5.41) is 4.60. The highest BCUT2D eigenvalue weighted by atomic mass is 15.2. The van der Waals surface area contributed by atoms with Crippen LogP contribution >= 0.6 is 0 Å². The van der Waals surface area contributed by atoms with Gasteiger partial charge in [0.05, 0.1) is 5.69 Å². The Bertz CT molecular complexity index is 706. The second kappa shape index (κ2) is 4.75. The first kappa shape index (κ1) is 11.6. The molecule has 0 radical (unpaired) electrons. The molecule has 0 bridgehead atoms. The van der Waals surface area contributed by atoms with E-state index in [1.807, 2.05) is 22.8 Å². The van der Waals surface area contributed by atoms with E-state index in [4.69, 9.17) is 0 Å². The molecule has 0 N–H and O–H groups in total. The summed E-state index contributed by atoms with van der Waals surface area (Å²) in [7, 11) is 0. The molecule has 1 saturated carbocycles. The van der Waals surface area contributed by atoms with Crippen LogP contribution in [0.25, 0.3) is 16.9 Å². The SMILES string of the molecule is c1cc(-c2cc3ncccn3n2)cc(C2CCCC2)c1. The Morgan fingerprint density at radius 3 is 2.80 bits per heavy atom. The minimum absolute atomic E-state index is 0.741. The van der Waals surface area contributed by atoms with E-state index >= 15 is 0 Å². The molecule has 0 amide bonds. The first-order chi connectivity index (χ1) is 9.90. The molecule has 3 nitrogen and oxygen atoms in total. The number of hydrogen-bond acceptors (Lipinski definition) is 2. The summed E-state index contributed by atoms with van der Waals surface area (Å²) in [5.74, 6) is 0.741. The molecule has 4 rings (SSSR count). The van der Waals surface area contributed by atoms with Gasteiger partial charge in [-0.2, -0.15) is 5.10 Å². The molecule has 1 fully saturated rings. The molecule has 1 aliphatic rings. The lowest BCUT2D eigenvalue weighted by Crippen LogP contribution is -1.92. The van der Waals surface area contributed by atoms with Crippen LogP contribution in [-0.2, 0) is 0 Å². The first-order valence-corrected chi connectivity index (χ1v) is 7.31. The summed E-state index contributed by atoms with van der Waals surface area (Å²) in [4.78, 5) is 4.33. The summed E-state index contributed by atoms with van der Waals surface area (Å²) in [6, 6.07) is 12.8. The van der Waals surface area contributed by atoms with Crippen molar-refractivity contribution in [3.63, 3.8) is 0 Å². The van der Waals surface area contributed by atoms with E-state index in [9.17, 15) is 0 Å². The topological polar surface area (TPSA) is 30.2 Å². The Hall–Kier alpha value is -2.16. The van der Waals surface area contributed by atoms with Gasteiger partial charge in [0.1, 0.15) is 0 Å². The van der Waals surface area contributed by atoms with Gasteiger partial charge in [-0.25, -0.2) is 9.50 Å². The average molecular weight is 263 g/mol. The van der Waals surface area contributed by atoms with Crippen molar-refractivity contribution >= 4 is 5.65 Å². The normalized spacial score (nSPS) is 16.0. The van der Waals surface area contributed by atoms with Gasteiger partial charge in [-0.15, -0.1) is 0 Å². The monoisotopic (exact) mass is 263 g/mol.